The number of carbonyl (C=O) groups is 3. The fraction of sp³-hybridized carbons (Fsp3) is 0.500. The van der Waals surface area contributed by atoms with Crippen LogP contribution in [0.4, 0.5) is 0 Å². The third-order valence-electron chi connectivity index (χ3n) is 4.76. The van der Waals surface area contributed by atoms with Crippen LogP contribution < -0.4 is 5.32 Å². The normalized spacial score (nSPS) is 22.8. The van der Waals surface area contributed by atoms with Crippen molar-refractivity contribution in [2.24, 2.45) is 0 Å². The van der Waals surface area contributed by atoms with Gasteiger partial charge in [0, 0.05) is 18.5 Å². The van der Waals surface area contributed by atoms with Crippen molar-refractivity contribution in [1.29, 1.82) is 0 Å². The molecule has 3 amide bonds. The van der Waals surface area contributed by atoms with Gasteiger partial charge >= 0.3 is 0 Å². The molecule has 0 spiro atoms. The Morgan fingerprint density at radius 3 is 2.33 bits per heavy atom. The first kappa shape index (κ1) is 16.5. The van der Waals surface area contributed by atoms with Crippen LogP contribution in [-0.2, 0) is 16.1 Å². The molecule has 1 saturated heterocycles. The summed E-state index contributed by atoms with van der Waals surface area (Å²) in [7, 11) is 0. The Bertz CT molecular complexity index is 659. The zero-order valence-electron chi connectivity index (χ0n) is 13.6. The van der Waals surface area contributed by atoms with E-state index in [4.69, 9.17) is 0 Å². The van der Waals surface area contributed by atoms with Crippen molar-refractivity contribution in [1.82, 2.24) is 10.2 Å². The molecule has 3 aliphatic rings. The van der Waals surface area contributed by atoms with E-state index in [0.29, 0.717) is 17.5 Å². The number of nitrogens with one attached hydrogen (secondary N) is 1. The molecule has 1 aromatic rings. The minimum Gasteiger partial charge on any atom is -0.508 e. The van der Waals surface area contributed by atoms with Gasteiger partial charge in [0.1, 0.15) is 11.8 Å². The van der Waals surface area contributed by atoms with Crippen LogP contribution in [0.1, 0.15) is 60.9 Å². The smallest absolute Gasteiger partial charge is 0.255 e. The molecule has 4 rings (SSSR count). The fourth-order valence-corrected chi connectivity index (χ4v) is 3.44. The van der Waals surface area contributed by atoms with Crippen LogP contribution in [0.5, 0.6) is 5.75 Å². The predicted octanol–water partition coefficient (Wildman–Crippen LogP) is 2.10. The van der Waals surface area contributed by atoms with Gasteiger partial charge < -0.3 is 10.0 Å². The third-order valence-corrected chi connectivity index (χ3v) is 4.76. The van der Waals surface area contributed by atoms with E-state index < -0.39 is 11.9 Å². The maximum atomic E-state index is 12.2. The van der Waals surface area contributed by atoms with Gasteiger partial charge in [0.05, 0.1) is 0 Å². The van der Waals surface area contributed by atoms with Gasteiger partial charge in [0.2, 0.25) is 11.8 Å². The number of nitrogens with zero attached hydrogens (tertiary/aromatic N) is 1. The van der Waals surface area contributed by atoms with E-state index in [1.165, 1.54) is 49.1 Å². The molecule has 1 aromatic carbocycles. The molecule has 1 unspecified atom stereocenters. The molecule has 2 heterocycles. The van der Waals surface area contributed by atoms with Crippen molar-refractivity contribution in [3.8, 4) is 5.75 Å². The van der Waals surface area contributed by atoms with Crippen LogP contribution in [0.2, 0.25) is 0 Å². The van der Waals surface area contributed by atoms with Crippen molar-refractivity contribution in [3.05, 3.63) is 29.3 Å². The first-order chi connectivity index (χ1) is 11.6. The van der Waals surface area contributed by atoms with Crippen LogP contribution in [0.15, 0.2) is 18.2 Å². The van der Waals surface area contributed by atoms with Crippen molar-refractivity contribution < 1.29 is 19.5 Å². The Kier molecular flexibility index (Phi) is 4.83. The van der Waals surface area contributed by atoms with Crippen LogP contribution in [0, 0.1) is 0 Å². The molecule has 128 valence electrons. The van der Waals surface area contributed by atoms with Gasteiger partial charge in [-0.3, -0.25) is 19.7 Å². The topological polar surface area (TPSA) is 86.7 Å². The zero-order valence-corrected chi connectivity index (χ0v) is 13.6. The Hall–Kier alpha value is -2.37. The first-order valence-electron chi connectivity index (χ1n) is 8.53. The molecule has 6 nitrogen and oxygen atoms in total. The molecule has 0 bridgehead atoms. The van der Waals surface area contributed by atoms with Crippen LogP contribution >= 0.6 is 0 Å². The average molecular weight is 330 g/mol. The number of hydrogen-bond donors (Lipinski definition) is 2. The minimum absolute atomic E-state index is 0.0941. The highest BCUT2D eigenvalue weighted by molar-refractivity contribution is 6.05. The molecule has 0 aromatic heterocycles. The second-order valence-electron chi connectivity index (χ2n) is 6.51. The van der Waals surface area contributed by atoms with Crippen molar-refractivity contribution in [2.75, 3.05) is 0 Å². The Morgan fingerprint density at radius 2 is 1.71 bits per heavy atom. The molecule has 2 fully saturated rings. The van der Waals surface area contributed by atoms with Gasteiger partial charge in [0.25, 0.3) is 5.91 Å². The number of aromatic hydroxyl groups is 1. The number of imide groups is 1. The van der Waals surface area contributed by atoms with Gasteiger partial charge in [-0.1, -0.05) is 32.1 Å². The highest BCUT2D eigenvalue weighted by Crippen LogP contribution is 2.29. The molecule has 2 N–H and O–H groups in total. The number of fused-ring (bicyclic) bond motifs is 1. The second-order valence-corrected chi connectivity index (χ2v) is 6.51. The molecule has 24 heavy (non-hydrogen) atoms. The maximum Gasteiger partial charge on any atom is 0.255 e. The largest absolute Gasteiger partial charge is 0.508 e. The van der Waals surface area contributed by atoms with Crippen molar-refractivity contribution >= 4 is 17.7 Å². The number of hydrogen-bond acceptors (Lipinski definition) is 4. The summed E-state index contributed by atoms with van der Waals surface area (Å²) >= 11 is 0. The summed E-state index contributed by atoms with van der Waals surface area (Å²) in [6.45, 7) is 0.287. The zero-order chi connectivity index (χ0) is 17.1. The van der Waals surface area contributed by atoms with Crippen molar-refractivity contribution in [2.45, 2.75) is 57.5 Å². The molecular weight excluding hydrogens is 308 g/mol. The summed E-state index contributed by atoms with van der Waals surface area (Å²) in [6, 6.07) is 3.92. The monoisotopic (exact) mass is 330 g/mol. The van der Waals surface area contributed by atoms with E-state index in [2.05, 4.69) is 5.32 Å². The van der Waals surface area contributed by atoms with E-state index in [1.807, 2.05) is 0 Å². The third kappa shape index (κ3) is 3.42. The minimum atomic E-state index is -0.611. The first-order valence-corrected chi connectivity index (χ1v) is 8.53. The molecule has 1 atom stereocenters. The van der Waals surface area contributed by atoms with Crippen LogP contribution in [0.25, 0.3) is 0 Å². The highest BCUT2D eigenvalue weighted by atomic mass is 16.3. The lowest BCUT2D eigenvalue weighted by Crippen LogP contribution is -2.52. The van der Waals surface area contributed by atoms with Crippen LogP contribution in [0.3, 0.4) is 0 Å². The summed E-state index contributed by atoms with van der Waals surface area (Å²) in [6.07, 6.45) is 8.08. The number of carbonyl (C=O) groups excluding carboxylic acids is 3. The van der Waals surface area contributed by atoms with Gasteiger partial charge in [-0.2, -0.15) is 0 Å². The summed E-state index contributed by atoms with van der Waals surface area (Å²) in [5, 5.41) is 11.7. The number of rotatable bonds is 1. The standard InChI is InChI=1S/C13H12N2O4.C5H10/c16-8-1-2-9-7(5-8)6-15(13(9)19)10-3-4-11(17)14-12(10)18;1-2-4-5-3-1/h1-2,5,10,16H,3-4,6H2,(H,14,17,18);1-5H2. The molecule has 2 aliphatic heterocycles. The van der Waals surface area contributed by atoms with Crippen LogP contribution in [-0.4, -0.2) is 33.8 Å². The maximum absolute atomic E-state index is 12.2. The lowest BCUT2D eigenvalue weighted by molar-refractivity contribution is -0.136. The summed E-state index contributed by atoms with van der Waals surface area (Å²) < 4.78 is 0. The van der Waals surface area contributed by atoms with Gasteiger partial charge in [-0.25, -0.2) is 0 Å². The lowest BCUT2D eigenvalue weighted by atomic mass is 10.0. The molecule has 1 saturated carbocycles. The number of benzene rings is 1. The van der Waals surface area contributed by atoms with Gasteiger partial charge in [-0.15, -0.1) is 0 Å². The Morgan fingerprint density at radius 1 is 1.04 bits per heavy atom. The quantitative estimate of drug-likeness (QED) is 0.772. The number of amides is 3. The Labute approximate surface area is 140 Å². The molecule has 1 aliphatic carbocycles. The highest BCUT2D eigenvalue weighted by Gasteiger charge is 2.38. The molecular formula is C18H22N2O4. The number of piperidine rings is 1. The van der Waals surface area contributed by atoms with E-state index >= 15 is 0 Å². The summed E-state index contributed by atoms with van der Waals surface area (Å²) in [5.41, 5.74) is 1.21. The SMILES string of the molecule is C1CCCC1.O=C1CCC(N2Cc3cc(O)ccc3C2=O)C(=O)N1. The van der Waals surface area contributed by atoms with E-state index in [0.717, 1.165) is 0 Å². The van der Waals surface area contributed by atoms with Gasteiger partial charge in [0.15, 0.2) is 0 Å². The lowest BCUT2D eigenvalue weighted by Gasteiger charge is -2.29. The van der Waals surface area contributed by atoms with E-state index in [9.17, 15) is 19.5 Å². The van der Waals surface area contributed by atoms with E-state index in [1.54, 1.807) is 6.07 Å². The molecule has 0 radical (unpaired) electrons. The predicted molar refractivity (Wildman–Crippen MR) is 87.2 cm³/mol. The van der Waals surface area contributed by atoms with Gasteiger partial charge in [-0.05, 0) is 30.2 Å². The van der Waals surface area contributed by atoms with E-state index in [-0.39, 0.29) is 30.5 Å². The number of phenols is 1. The summed E-state index contributed by atoms with van der Waals surface area (Å²) in [4.78, 5) is 36.6. The number of phenolic OH excluding ortho intramolecular Hbond substituents is 1. The average Bonchev–Trinajstić information content (AvgIpc) is 3.20. The fourth-order valence-electron chi connectivity index (χ4n) is 3.44. The molecule has 6 heteroatoms. The second kappa shape index (κ2) is 7.03. The summed E-state index contributed by atoms with van der Waals surface area (Å²) in [5.74, 6) is -0.870. The Balaban J connectivity index is 0.000000290. The van der Waals surface area contributed by atoms with Crippen molar-refractivity contribution in [3.63, 3.8) is 0 Å².